The van der Waals surface area contributed by atoms with E-state index in [1.807, 2.05) is 0 Å². The van der Waals surface area contributed by atoms with Crippen LogP contribution in [0.3, 0.4) is 0 Å². The number of piperidine rings is 1. The SMILES string of the molecule is CC(N)C1CCCN(Cc2ccccc2)C1. The Morgan fingerprint density at radius 3 is 2.81 bits per heavy atom. The van der Waals surface area contributed by atoms with Crippen LogP contribution in [0.1, 0.15) is 25.3 Å². The Morgan fingerprint density at radius 1 is 1.38 bits per heavy atom. The lowest BCUT2D eigenvalue weighted by atomic mass is 9.92. The topological polar surface area (TPSA) is 29.3 Å². The molecule has 1 aliphatic rings. The van der Waals surface area contributed by atoms with Crippen LogP contribution in [0.15, 0.2) is 30.3 Å². The fourth-order valence-corrected chi connectivity index (χ4v) is 2.51. The minimum absolute atomic E-state index is 0.332. The van der Waals surface area contributed by atoms with Crippen LogP contribution in [-0.2, 0) is 6.54 Å². The monoisotopic (exact) mass is 218 g/mol. The minimum Gasteiger partial charge on any atom is -0.328 e. The number of nitrogens with zero attached hydrogens (tertiary/aromatic N) is 1. The van der Waals surface area contributed by atoms with Gasteiger partial charge in [-0.05, 0) is 37.8 Å². The molecule has 0 spiro atoms. The predicted octanol–water partition coefficient (Wildman–Crippen LogP) is 2.25. The van der Waals surface area contributed by atoms with Gasteiger partial charge in [-0.3, -0.25) is 4.90 Å². The maximum Gasteiger partial charge on any atom is 0.0233 e. The highest BCUT2D eigenvalue weighted by Crippen LogP contribution is 2.20. The fourth-order valence-electron chi connectivity index (χ4n) is 2.51. The van der Waals surface area contributed by atoms with Crippen LogP contribution in [-0.4, -0.2) is 24.0 Å². The van der Waals surface area contributed by atoms with Crippen LogP contribution in [0.4, 0.5) is 0 Å². The van der Waals surface area contributed by atoms with E-state index in [2.05, 4.69) is 42.2 Å². The zero-order valence-electron chi connectivity index (χ0n) is 10.1. The van der Waals surface area contributed by atoms with Crippen molar-refractivity contribution >= 4 is 0 Å². The van der Waals surface area contributed by atoms with E-state index in [9.17, 15) is 0 Å². The van der Waals surface area contributed by atoms with Crippen LogP contribution in [0.5, 0.6) is 0 Å². The second-order valence-electron chi connectivity index (χ2n) is 4.98. The summed E-state index contributed by atoms with van der Waals surface area (Å²) in [7, 11) is 0. The van der Waals surface area contributed by atoms with Crippen molar-refractivity contribution in [1.29, 1.82) is 0 Å². The van der Waals surface area contributed by atoms with E-state index in [1.165, 1.54) is 24.9 Å². The molecule has 0 radical (unpaired) electrons. The lowest BCUT2D eigenvalue weighted by Crippen LogP contribution is -2.41. The Labute approximate surface area is 98.4 Å². The first-order valence-corrected chi connectivity index (χ1v) is 6.27. The maximum absolute atomic E-state index is 6.00. The average molecular weight is 218 g/mol. The molecule has 0 saturated carbocycles. The summed E-state index contributed by atoms with van der Waals surface area (Å²) in [6, 6.07) is 11.0. The Kier molecular flexibility index (Phi) is 3.97. The van der Waals surface area contributed by atoms with Gasteiger partial charge in [-0.1, -0.05) is 30.3 Å². The molecule has 2 heteroatoms. The number of likely N-dealkylation sites (tertiary alicyclic amines) is 1. The molecule has 1 aromatic carbocycles. The van der Waals surface area contributed by atoms with E-state index in [4.69, 9.17) is 5.73 Å². The molecule has 1 heterocycles. The van der Waals surface area contributed by atoms with Gasteiger partial charge >= 0.3 is 0 Å². The van der Waals surface area contributed by atoms with Gasteiger partial charge in [0.25, 0.3) is 0 Å². The first-order chi connectivity index (χ1) is 7.75. The van der Waals surface area contributed by atoms with Crippen LogP contribution >= 0.6 is 0 Å². The summed E-state index contributed by atoms with van der Waals surface area (Å²) in [5.41, 5.74) is 7.41. The van der Waals surface area contributed by atoms with Gasteiger partial charge in [0.05, 0.1) is 0 Å². The van der Waals surface area contributed by atoms with Crippen molar-refractivity contribution in [2.75, 3.05) is 13.1 Å². The zero-order valence-corrected chi connectivity index (χ0v) is 10.1. The van der Waals surface area contributed by atoms with Gasteiger partial charge in [-0.25, -0.2) is 0 Å². The van der Waals surface area contributed by atoms with E-state index >= 15 is 0 Å². The first kappa shape index (κ1) is 11.6. The van der Waals surface area contributed by atoms with Gasteiger partial charge in [-0.2, -0.15) is 0 Å². The summed E-state index contributed by atoms with van der Waals surface area (Å²) in [6.45, 7) is 5.59. The molecule has 0 amide bonds. The second-order valence-corrected chi connectivity index (χ2v) is 4.98. The molecule has 2 N–H and O–H groups in total. The van der Waals surface area contributed by atoms with Crippen molar-refractivity contribution in [3.05, 3.63) is 35.9 Å². The number of hydrogen-bond acceptors (Lipinski definition) is 2. The zero-order chi connectivity index (χ0) is 11.4. The highest BCUT2D eigenvalue weighted by molar-refractivity contribution is 5.14. The molecule has 2 nitrogen and oxygen atoms in total. The highest BCUT2D eigenvalue weighted by Gasteiger charge is 2.22. The van der Waals surface area contributed by atoms with Crippen molar-refractivity contribution in [3.63, 3.8) is 0 Å². The molecule has 16 heavy (non-hydrogen) atoms. The first-order valence-electron chi connectivity index (χ1n) is 6.27. The fraction of sp³-hybridized carbons (Fsp3) is 0.571. The smallest absolute Gasteiger partial charge is 0.0233 e. The van der Waals surface area contributed by atoms with Gasteiger partial charge in [0, 0.05) is 19.1 Å². The van der Waals surface area contributed by atoms with E-state index in [0.29, 0.717) is 12.0 Å². The normalized spacial score (nSPS) is 24.2. The number of rotatable bonds is 3. The molecule has 2 atom stereocenters. The van der Waals surface area contributed by atoms with Gasteiger partial charge in [0.15, 0.2) is 0 Å². The summed E-state index contributed by atoms with van der Waals surface area (Å²) in [5, 5.41) is 0. The molecule has 1 fully saturated rings. The Balaban J connectivity index is 1.90. The quantitative estimate of drug-likeness (QED) is 0.843. The maximum atomic E-state index is 6.00. The number of benzene rings is 1. The molecule has 0 aliphatic carbocycles. The van der Waals surface area contributed by atoms with E-state index in [1.54, 1.807) is 0 Å². The minimum atomic E-state index is 0.332. The number of nitrogens with two attached hydrogens (primary N) is 1. The summed E-state index contributed by atoms with van der Waals surface area (Å²) in [6.07, 6.45) is 2.59. The molecular weight excluding hydrogens is 196 g/mol. The standard InChI is InChI=1S/C14H22N2/c1-12(15)14-8-5-9-16(11-14)10-13-6-3-2-4-7-13/h2-4,6-7,12,14H,5,8-11,15H2,1H3. The molecule has 1 aromatic rings. The molecule has 0 aromatic heterocycles. The van der Waals surface area contributed by atoms with Crippen molar-refractivity contribution in [3.8, 4) is 0 Å². The van der Waals surface area contributed by atoms with Crippen LogP contribution < -0.4 is 5.73 Å². The second kappa shape index (κ2) is 5.46. The summed E-state index contributed by atoms with van der Waals surface area (Å²) < 4.78 is 0. The third kappa shape index (κ3) is 3.06. The Bertz CT molecular complexity index is 308. The number of hydrogen-bond donors (Lipinski definition) is 1. The summed E-state index contributed by atoms with van der Waals surface area (Å²) in [4.78, 5) is 2.53. The molecule has 1 saturated heterocycles. The van der Waals surface area contributed by atoms with Crippen molar-refractivity contribution in [2.45, 2.75) is 32.4 Å². The van der Waals surface area contributed by atoms with Gasteiger partial charge < -0.3 is 5.73 Å². The van der Waals surface area contributed by atoms with E-state index in [0.717, 1.165) is 13.1 Å². The molecule has 0 bridgehead atoms. The van der Waals surface area contributed by atoms with Gasteiger partial charge in [0.1, 0.15) is 0 Å². The van der Waals surface area contributed by atoms with Crippen molar-refractivity contribution < 1.29 is 0 Å². The molecule has 2 unspecified atom stereocenters. The van der Waals surface area contributed by atoms with Crippen molar-refractivity contribution in [2.24, 2.45) is 11.7 Å². The van der Waals surface area contributed by atoms with E-state index in [-0.39, 0.29) is 0 Å². The lowest BCUT2D eigenvalue weighted by molar-refractivity contribution is 0.154. The molecule has 88 valence electrons. The Hall–Kier alpha value is -0.860. The predicted molar refractivity (Wildman–Crippen MR) is 68.1 cm³/mol. The van der Waals surface area contributed by atoms with Crippen molar-refractivity contribution in [1.82, 2.24) is 4.90 Å². The van der Waals surface area contributed by atoms with Crippen LogP contribution in [0, 0.1) is 5.92 Å². The molecule has 1 aliphatic heterocycles. The largest absolute Gasteiger partial charge is 0.328 e. The third-order valence-electron chi connectivity index (χ3n) is 3.53. The lowest BCUT2D eigenvalue weighted by Gasteiger charge is -2.34. The van der Waals surface area contributed by atoms with Crippen LogP contribution in [0.25, 0.3) is 0 Å². The summed E-state index contributed by atoms with van der Waals surface area (Å²) >= 11 is 0. The van der Waals surface area contributed by atoms with Crippen LogP contribution in [0.2, 0.25) is 0 Å². The summed E-state index contributed by atoms with van der Waals surface area (Å²) in [5.74, 6) is 0.678. The van der Waals surface area contributed by atoms with Gasteiger partial charge in [-0.15, -0.1) is 0 Å². The average Bonchev–Trinajstić information content (AvgIpc) is 2.30. The Morgan fingerprint density at radius 2 is 2.12 bits per heavy atom. The molecular formula is C14H22N2. The highest BCUT2D eigenvalue weighted by atomic mass is 15.1. The van der Waals surface area contributed by atoms with Gasteiger partial charge in [0.2, 0.25) is 0 Å². The van der Waals surface area contributed by atoms with E-state index < -0.39 is 0 Å². The molecule has 2 rings (SSSR count). The third-order valence-corrected chi connectivity index (χ3v) is 3.53.